The highest BCUT2D eigenvalue weighted by atomic mass is 16.5. The number of ketones is 1. The highest BCUT2D eigenvalue weighted by molar-refractivity contribution is 5.98. The number of hydrogen-bond acceptors (Lipinski definition) is 4. The number of nitrogens with one attached hydrogen (secondary N) is 3. The molecule has 7 heteroatoms. The number of carbonyl (C=O) groups excluding carboxylic acids is 2. The van der Waals surface area contributed by atoms with Crippen LogP contribution < -0.4 is 10.1 Å². The first-order valence-electron chi connectivity index (χ1n) is 11.6. The van der Waals surface area contributed by atoms with Crippen molar-refractivity contribution in [3.05, 3.63) is 72.3 Å². The van der Waals surface area contributed by atoms with Crippen molar-refractivity contribution in [1.29, 1.82) is 0 Å². The molecule has 0 aliphatic carbocycles. The number of imidazole rings is 1. The third kappa shape index (κ3) is 5.73. The number of benzene rings is 2. The number of carbonyl (C=O) groups is 2. The molecule has 34 heavy (non-hydrogen) atoms. The van der Waals surface area contributed by atoms with Crippen LogP contribution >= 0.6 is 0 Å². The van der Waals surface area contributed by atoms with Gasteiger partial charge in [0.05, 0.1) is 25.0 Å². The van der Waals surface area contributed by atoms with Crippen molar-refractivity contribution >= 4 is 22.6 Å². The van der Waals surface area contributed by atoms with E-state index in [1.165, 1.54) is 0 Å². The van der Waals surface area contributed by atoms with E-state index in [1.807, 2.05) is 54.6 Å². The molecule has 176 valence electrons. The summed E-state index contributed by atoms with van der Waals surface area (Å²) in [6, 6.07) is 17.2. The molecule has 0 unspecified atom stereocenters. The second-order valence-electron chi connectivity index (χ2n) is 8.51. The molecule has 2 aromatic carbocycles. The zero-order chi connectivity index (χ0) is 23.9. The molecule has 0 radical (unpaired) electrons. The Morgan fingerprint density at radius 3 is 2.62 bits per heavy atom. The molecule has 3 N–H and O–H groups in total. The molecule has 0 spiro atoms. The van der Waals surface area contributed by atoms with Gasteiger partial charge < -0.3 is 24.8 Å². The second kappa shape index (κ2) is 10.8. The van der Waals surface area contributed by atoms with Crippen molar-refractivity contribution in [1.82, 2.24) is 20.3 Å². The van der Waals surface area contributed by atoms with Gasteiger partial charge in [-0.2, -0.15) is 0 Å². The number of unbranched alkanes of at least 4 members (excludes halogenated alkanes) is 2. The molecule has 7 nitrogen and oxygen atoms in total. The maximum atomic E-state index is 13.1. The van der Waals surface area contributed by atoms with E-state index in [-0.39, 0.29) is 17.7 Å². The average Bonchev–Trinajstić information content (AvgIpc) is 3.50. The number of fused-ring (bicyclic) bond motifs is 1. The standard InChI is InChI=1S/C27H30N4O3/c1-18(32)9-5-3-8-12-23(26-28-17-25(30-26)19-10-6-4-7-11-19)31-27(33)24-16-20-15-21(34-2)13-14-22(20)29-24/h4,6-7,10-11,13-17,23,29H,3,5,8-9,12H2,1-2H3,(H,28,30)(H,31,33)/t23-/m0/s1. The Morgan fingerprint density at radius 1 is 1.03 bits per heavy atom. The molecule has 0 fully saturated rings. The third-order valence-corrected chi connectivity index (χ3v) is 5.91. The van der Waals surface area contributed by atoms with Gasteiger partial charge in [0.25, 0.3) is 5.91 Å². The average molecular weight is 459 g/mol. The molecule has 4 rings (SSSR count). The van der Waals surface area contributed by atoms with Gasteiger partial charge in [-0.25, -0.2) is 4.98 Å². The predicted molar refractivity (Wildman–Crippen MR) is 133 cm³/mol. The lowest BCUT2D eigenvalue weighted by atomic mass is 10.1. The van der Waals surface area contributed by atoms with Gasteiger partial charge in [0.15, 0.2) is 0 Å². The fraction of sp³-hybridized carbons (Fsp3) is 0.296. The summed E-state index contributed by atoms with van der Waals surface area (Å²) in [6.45, 7) is 1.62. The lowest BCUT2D eigenvalue weighted by Crippen LogP contribution is -2.29. The van der Waals surface area contributed by atoms with Crippen molar-refractivity contribution < 1.29 is 14.3 Å². The van der Waals surface area contributed by atoms with E-state index >= 15 is 0 Å². The topological polar surface area (TPSA) is 99.9 Å². The molecular weight excluding hydrogens is 428 g/mol. The van der Waals surface area contributed by atoms with Crippen LogP contribution in [0.5, 0.6) is 5.75 Å². The summed E-state index contributed by atoms with van der Waals surface area (Å²) in [6.07, 6.45) is 5.77. The lowest BCUT2D eigenvalue weighted by Gasteiger charge is -2.16. The summed E-state index contributed by atoms with van der Waals surface area (Å²) in [5.41, 5.74) is 3.30. The van der Waals surface area contributed by atoms with E-state index in [9.17, 15) is 9.59 Å². The quantitative estimate of drug-likeness (QED) is 0.256. The van der Waals surface area contributed by atoms with E-state index < -0.39 is 0 Å². The smallest absolute Gasteiger partial charge is 0.268 e. The normalized spacial score (nSPS) is 11.9. The van der Waals surface area contributed by atoms with Gasteiger partial charge in [0.1, 0.15) is 23.1 Å². The minimum Gasteiger partial charge on any atom is -0.497 e. The molecule has 0 bridgehead atoms. The first kappa shape index (κ1) is 23.3. The number of ether oxygens (including phenoxy) is 1. The van der Waals surface area contributed by atoms with Gasteiger partial charge >= 0.3 is 0 Å². The maximum absolute atomic E-state index is 13.1. The molecular formula is C27H30N4O3. The molecule has 0 saturated heterocycles. The highest BCUT2D eigenvalue weighted by Gasteiger charge is 2.20. The van der Waals surface area contributed by atoms with E-state index in [4.69, 9.17) is 4.74 Å². The number of nitrogens with zero attached hydrogens (tertiary/aromatic N) is 1. The van der Waals surface area contributed by atoms with Crippen LogP contribution in [-0.2, 0) is 4.79 Å². The number of H-pyrrole nitrogens is 2. The molecule has 4 aromatic rings. The number of aromatic amines is 2. The van der Waals surface area contributed by atoms with Crippen LogP contribution in [0.15, 0.2) is 60.8 Å². The van der Waals surface area contributed by atoms with Gasteiger partial charge in [-0.3, -0.25) is 4.79 Å². The minimum absolute atomic E-state index is 0.193. The Kier molecular flexibility index (Phi) is 7.42. The van der Waals surface area contributed by atoms with Crippen LogP contribution in [0.4, 0.5) is 0 Å². The van der Waals surface area contributed by atoms with Gasteiger partial charge in [0.2, 0.25) is 0 Å². The molecule has 0 aliphatic heterocycles. The summed E-state index contributed by atoms with van der Waals surface area (Å²) in [4.78, 5) is 35.5. The van der Waals surface area contributed by atoms with Crippen LogP contribution in [0.25, 0.3) is 22.2 Å². The molecule has 1 amide bonds. The highest BCUT2D eigenvalue weighted by Crippen LogP contribution is 2.25. The van der Waals surface area contributed by atoms with Crippen LogP contribution in [0.1, 0.15) is 61.4 Å². The summed E-state index contributed by atoms with van der Waals surface area (Å²) in [5, 5.41) is 4.05. The van der Waals surface area contributed by atoms with E-state index in [2.05, 4.69) is 20.3 Å². The SMILES string of the molecule is COc1ccc2[nH]c(C(=O)N[C@@H](CCCCCC(C)=O)c3ncc(-c4ccccc4)[nH]3)cc2c1. The van der Waals surface area contributed by atoms with E-state index in [1.54, 1.807) is 20.2 Å². The molecule has 1 atom stereocenters. The molecule has 0 aliphatic rings. The summed E-state index contributed by atoms with van der Waals surface area (Å²) >= 11 is 0. The van der Waals surface area contributed by atoms with Crippen molar-refractivity contribution in [3.8, 4) is 17.0 Å². The number of aromatic nitrogens is 3. The van der Waals surface area contributed by atoms with Crippen LogP contribution in [0.3, 0.4) is 0 Å². The van der Waals surface area contributed by atoms with Crippen molar-refractivity contribution in [2.45, 2.75) is 45.1 Å². The molecule has 2 heterocycles. The Balaban J connectivity index is 1.51. The van der Waals surface area contributed by atoms with Gasteiger partial charge in [-0.15, -0.1) is 0 Å². The Morgan fingerprint density at radius 2 is 1.85 bits per heavy atom. The Hall–Kier alpha value is -3.87. The monoisotopic (exact) mass is 458 g/mol. The summed E-state index contributed by atoms with van der Waals surface area (Å²) in [7, 11) is 1.62. The van der Waals surface area contributed by atoms with Crippen LogP contribution in [-0.4, -0.2) is 33.8 Å². The molecule has 2 aromatic heterocycles. The fourth-order valence-corrected chi connectivity index (χ4v) is 4.05. The van der Waals surface area contributed by atoms with Gasteiger partial charge in [0, 0.05) is 17.3 Å². The fourth-order valence-electron chi connectivity index (χ4n) is 4.05. The number of hydrogen-bond donors (Lipinski definition) is 3. The largest absolute Gasteiger partial charge is 0.497 e. The lowest BCUT2D eigenvalue weighted by molar-refractivity contribution is -0.117. The number of methoxy groups -OCH3 is 1. The third-order valence-electron chi connectivity index (χ3n) is 5.91. The first-order chi connectivity index (χ1) is 16.5. The number of Topliss-reactive ketones (excluding diaryl/α,β-unsaturated/α-hetero) is 1. The van der Waals surface area contributed by atoms with Gasteiger partial charge in [-0.1, -0.05) is 43.2 Å². The zero-order valence-electron chi connectivity index (χ0n) is 19.6. The van der Waals surface area contributed by atoms with Crippen molar-refractivity contribution in [2.24, 2.45) is 0 Å². The Labute approximate surface area is 199 Å². The minimum atomic E-state index is -0.275. The predicted octanol–water partition coefficient (Wildman–Crippen LogP) is 5.58. The van der Waals surface area contributed by atoms with Crippen LogP contribution in [0.2, 0.25) is 0 Å². The number of amides is 1. The van der Waals surface area contributed by atoms with Crippen LogP contribution in [0, 0.1) is 0 Å². The van der Waals surface area contributed by atoms with E-state index in [0.717, 1.165) is 59.4 Å². The maximum Gasteiger partial charge on any atom is 0.268 e. The summed E-state index contributed by atoms with van der Waals surface area (Å²) < 4.78 is 5.28. The van der Waals surface area contributed by atoms with Crippen molar-refractivity contribution in [2.75, 3.05) is 7.11 Å². The summed E-state index contributed by atoms with van der Waals surface area (Å²) in [5.74, 6) is 1.47. The van der Waals surface area contributed by atoms with E-state index in [0.29, 0.717) is 12.1 Å². The first-order valence-corrected chi connectivity index (χ1v) is 11.6. The second-order valence-corrected chi connectivity index (χ2v) is 8.51. The molecule has 0 saturated carbocycles. The number of rotatable bonds is 11. The van der Waals surface area contributed by atoms with Gasteiger partial charge in [-0.05, 0) is 49.6 Å². The van der Waals surface area contributed by atoms with Crippen molar-refractivity contribution in [3.63, 3.8) is 0 Å². The zero-order valence-corrected chi connectivity index (χ0v) is 19.6. The Bertz CT molecular complexity index is 1260.